The minimum Gasteiger partial charge on any atom is -0.363 e. The summed E-state index contributed by atoms with van der Waals surface area (Å²) in [6.07, 6.45) is 7.69. The SMILES string of the molecule is O=C1CCCN1c1ccc(CNc2nccn3c(C4CC4)nnc23)cc1. The van der Waals surface area contributed by atoms with Crippen LogP contribution in [-0.4, -0.2) is 32.0 Å². The molecule has 0 radical (unpaired) electrons. The van der Waals surface area contributed by atoms with Gasteiger partial charge < -0.3 is 10.2 Å². The standard InChI is InChI=1S/C19H20N6O/c26-16-2-1-10-24(16)15-7-3-13(4-8-15)12-21-17-19-23-22-18(14-5-6-14)25(19)11-9-20-17/h3-4,7-9,11,14H,1-2,5-6,10,12H2,(H,20,21). The van der Waals surface area contributed by atoms with Crippen LogP contribution in [-0.2, 0) is 11.3 Å². The van der Waals surface area contributed by atoms with Gasteiger partial charge in [0.1, 0.15) is 5.82 Å². The molecule has 1 aliphatic carbocycles. The first-order valence-electron chi connectivity index (χ1n) is 9.12. The monoisotopic (exact) mass is 348 g/mol. The van der Waals surface area contributed by atoms with Crippen LogP contribution < -0.4 is 10.2 Å². The zero-order valence-electron chi connectivity index (χ0n) is 14.4. The van der Waals surface area contributed by atoms with Crippen molar-refractivity contribution in [3.05, 3.63) is 48.0 Å². The second-order valence-corrected chi connectivity index (χ2v) is 6.97. The summed E-state index contributed by atoms with van der Waals surface area (Å²) in [5, 5.41) is 12.0. The maximum Gasteiger partial charge on any atom is 0.227 e. The maximum absolute atomic E-state index is 11.8. The second-order valence-electron chi connectivity index (χ2n) is 6.97. The Balaban J connectivity index is 1.32. The van der Waals surface area contributed by atoms with Gasteiger partial charge >= 0.3 is 0 Å². The van der Waals surface area contributed by atoms with Crippen LogP contribution in [0.3, 0.4) is 0 Å². The molecule has 1 amide bonds. The molecule has 1 aromatic carbocycles. The van der Waals surface area contributed by atoms with Crippen LogP contribution in [0.1, 0.15) is 43.0 Å². The van der Waals surface area contributed by atoms with Crippen molar-refractivity contribution in [2.24, 2.45) is 0 Å². The van der Waals surface area contributed by atoms with Crippen LogP contribution >= 0.6 is 0 Å². The molecule has 7 heteroatoms. The molecule has 2 aromatic heterocycles. The van der Waals surface area contributed by atoms with Crippen LogP contribution in [0.5, 0.6) is 0 Å². The molecular formula is C19H20N6O. The Labute approximate surface area is 151 Å². The van der Waals surface area contributed by atoms with Crippen LogP contribution in [0.4, 0.5) is 11.5 Å². The Kier molecular flexibility index (Phi) is 3.58. The number of anilines is 2. The molecule has 132 valence electrons. The molecular weight excluding hydrogens is 328 g/mol. The van der Waals surface area contributed by atoms with Crippen molar-refractivity contribution in [1.29, 1.82) is 0 Å². The third-order valence-electron chi connectivity index (χ3n) is 5.08. The number of benzene rings is 1. The van der Waals surface area contributed by atoms with Crippen molar-refractivity contribution in [3.8, 4) is 0 Å². The third kappa shape index (κ3) is 2.69. The predicted octanol–water partition coefficient (Wildman–Crippen LogP) is 2.74. The van der Waals surface area contributed by atoms with Gasteiger partial charge in [0.2, 0.25) is 11.6 Å². The zero-order chi connectivity index (χ0) is 17.5. The fraction of sp³-hybridized carbons (Fsp3) is 0.368. The highest BCUT2D eigenvalue weighted by molar-refractivity contribution is 5.95. The molecule has 0 bridgehead atoms. The molecule has 0 unspecified atom stereocenters. The number of carbonyl (C=O) groups excluding carboxylic acids is 1. The Morgan fingerprint density at radius 3 is 2.73 bits per heavy atom. The molecule has 2 fully saturated rings. The molecule has 2 aliphatic rings. The van der Waals surface area contributed by atoms with E-state index in [1.165, 1.54) is 12.8 Å². The number of carbonyl (C=O) groups is 1. The van der Waals surface area contributed by atoms with Crippen molar-refractivity contribution in [1.82, 2.24) is 19.6 Å². The lowest BCUT2D eigenvalue weighted by atomic mass is 10.2. The summed E-state index contributed by atoms with van der Waals surface area (Å²) in [7, 11) is 0. The lowest BCUT2D eigenvalue weighted by molar-refractivity contribution is -0.117. The minimum atomic E-state index is 0.213. The number of fused-ring (bicyclic) bond motifs is 1. The fourth-order valence-electron chi connectivity index (χ4n) is 3.49. The van der Waals surface area contributed by atoms with E-state index in [0.29, 0.717) is 18.9 Å². The average molecular weight is 348 g/mol. The van der Waals surface area contributed by atoms with Crippen LogP contribution in [0, 0.1) is 0 Å². The van der Waals surface area contributed by atoms with Gasteiger partial charge in [-0.15, -0.1) is 10.2 Å². The van der Waals surface area contributed by atoms with E-state index in [1.807, 2.05) is 39.8 Å². The molecule has 1 saturated heterocycles. The molecule has 1 N–H and O–H groups in total. The van der Waals surface area contributed by atoms with E-state index in [2.05, 4.69) is 20.5 Å². The van der Waals surface area contributed by atoms with E-state index in [4.69, 9.17) is 0 Å². The van der Waals surface area contributed by atoms with Gasteiger partial charge in [-0.2, -0.15) is 0 Å². The number of rotatable bonds is 5. The van der Waals surface area contributed by atoms with E-state index in [1.54, 1.807) is 6.20 Å². The normalized spacial score (nSPS) is 17.2. The average Bonchev–Trinajstić information content (AvgIpc) is 3.27. The van der Waals surface area contributed by atoms with E-state index < -0.39 is 0 Å². The number of amides is 1. The molecule has 0 spiro atoms. The van der Waals surface area contributed by atoms with Gasteiger partial charge in [0.15, 0.2) is 5.82 Å². The van der Waals surface area contributed by atoms with Gasteiger partial charge in [0.25, 0.3) is 0 Å². The Bertz CT molecular complexity index is 960. The highest BCUT2D eigenvalue weighted by Crippen LogP contribution is 2.39. The Morgan fingerprint density at radius 2 is 2.00 bits per heavy atom. The molecule has 1 aliphatic heterocycles. The number of nitrogens with zero attached hydrogens (tertiary/aromatic N) is 5. The second kappa shape index (κ2) is 6.09. The molecule has 3 aromatic rings. The Morgan fingerprint density at radius 1 is 1.15 bits per heavy atom. The van der Waals surface area contributed by atoms with Crippen LogP contribution in [0.25, 0.3) is 5.65 Å². The van der Waals surface area contributed by atoms with Gasteiger partial charge in [-0.05, 0) is 37.0 Å². The number of aromatic nitrogens is 4. The number of nitrogens with one attached hydrogen (secondary N) is 1. The number of hydrogen-bond donors (Lipinski definition) is 1. The molecule has 5 rings (SSSR count). The van der Waals surface area contributed by atoms with Gasteiger partial charge in [0, 0.05) is 43.5 Å². The molecule has 3 heterocycles. The summed E-state index contributed by atoms with van der Waals surface area (Å²) in [6, 6.07) is 8.12. The van der Waals surface area contributed by atoms with E-state index in [-0.39, 0.29) is 5.91 Å². The summed E-state index contributed by atoms with van der Waals surface area (Å²) < 4.78 is 2.04. The number of hydrogen-bond acceptors (Lipinski definition) is 5. The first-order chi connectivity index (χ1) is 12.8. The summed E-state index contributed by atoms with van der Waals surface area (Å²) in [6.45, 7) is 1.46. The minimum absolute atomic E-state index is 0.213. The van der Waals surface area contributed by atoms with E-state index in [9.17, 15) is 4.79 Å². The van der Waals surface area contributed by atoms with Gasteiger partial charge in [-0.25, -0.2) is 4.98 Å². The highest BCUT2D eigenvalue weighted by atomic mass is 16.2. The Hall–Kier alpha value is -2.96. The van der Waals surface area contributed by atoms with Gasteiger partial charge in [-0.1, -0.05) is 12.1 Å². The molecule has 7 nitrogen and oxygen atoms in total. The first-order valence-corrected chi connectivity index (χ1v) is 9.12. The topological polar surface area (TPSA) is 75.4 Å². The maximum atomic E-state index is 11.8. The van der Waals surface area contributed by atoms with Crippen LogP contribution in [0.2, 0.25) is 0 Å². The van der Waals surface area contributed by atoms with Crippen LogP contribution in [0.15, 0.2) is 36.7 Å². The molecule has 1 saturated carbocycles. The van der Waals surface area contributed by atoms with E-state index in [0.717, 1.165) is 41.5 Å². The van der Waals surface area contributed by atoms with Crippen molar-refractivity contribution in [2.45, 2.75) is 38.1 Å². The van der Waals surface area contributed by atoms with Crippen molar-refractivity contribution >= 4 is 23.1 Å². The largest absolute Gasteiger partial charge is 0.363 e. The summed E-state index contributed by atoms with van der Waals surface area (Å²) in [4.78, 5) is 18.1. The smallest absolute Gasteiger partial charge is 0.227 e. The summed E-state index contributed by atoms with van der Waals surface area (Å²) >= 11 is 0. The zero-order valence-corrected chi connectivity index (χ0v) is 14.4. The molecule has 0 atom stereocenters. The molecule has 26 heavy (non-hydrogen) atoms. The predicted molar refractivity (Wildman–Crippen MR) is 98.1 cm³/mol. The summed E-state index contributed by atoms with van der Waals surface area (Å²) in [5.41, 5.74) is 2.88. The van der Waals surface area contributed by atoms with Gasteiger partial charge in [0.05, 0.1) is 0 Å². The van der Waals surface area contributed by atoms with E-state index >= 15 is 0 Å². The third-order valence-corrected chi connectivity index (χ3v) is 5.08. The fourth-order valence-corrected chi connectivity index (χ4v) is 3.49. The first kappa shape index (κ1) is 15.3. The van der Waals surface area contributed by atoms with Crippen molar-refractivity contribution in [2.75, 3.05) is 16.8 Å². The van der Waals surface area contributed by atoms with Gasteiger partial charge in [-0.3, -0.25) is 9.20 Å². The lowest BCUT2D eigenvalue weighted by Gasteiger charge is -2.16. The van der Waals surface area contributed by atoms with Crippen molar-refractivity contribution < 1.29 is 4.79 Å². The quantitative estimate of drug-likeness (QED) is 0.767. The lowest BCUT2D eigenvalue weighted by Crippen LogP contribution is -2.23. The highest BCUT2D eigenvalue weighted by Gasteiger charge is 2.29. The summed E-state index contributed by atoms with van der Waals surface area (Å²) in [5.74, 6) is 2.53. The van der Waals surface area contributed by atoms with Crippen molar-refractivity contribution in [3.63, 3.8) is 0 Å².